The number of rotatable bonds is 3. The van der Waals surface area contributed by atoms with Crippen molar-refractivity contribution >= 4 is 43.6 Å². The molecule has 202 valence electrons. The maximum Gasteiger partial charge on any atom is 0.0998 e. The highest BCUT2D eigenvalue weighted by Crippen LogP contribution is 2.39. The number of aromatic nitrogens is 3. The highest BCUT2D eigenvalue weighted by Gasteiger charge is 2.19. The molecule has 8 rings (SSSR count). The molecule has 6 heteroatoms. The topological polar surface area (TPSA) is 94.1 Å². The summed E-state index contributed by atoms with van der Waals surface area (Å²) in [6.45, 7) is 0. The molecule has 8 aromatic rings. The second kappa shape index (κ2) is 9.71. The molecule has 44 heavy (non-hydrogen) atoms. The molecule has 0 aliphatic carbocycles. The summed E-state index contributed by atoms with van der Waals surface area (Å²) in [5.74, 6) is 0. The molecule has 3 heterocycles. The van der Waals surface area contributed by atoms with E-state index in [0.29, 0.717) is 16.7 Å². The van der Waals surface area contributed by atoms with E-state index in [4.69, 9.17) is 0 Å². The maximum absolute atomic E-state index is 10.3. The van der Waals surface area contributed by atoms with Crippen LogP contribution >= 0.6 is 0 Å². The van der Waals surface area contributed by atoms with Gasteiger partial charge in [0.2, 0.25) is 0 Å². The van der Waals surface area contributed by atoms with E-state index >= 15 is 0 Å². The lowest BCUT2D eigenvalue weighted by Crippen LogP contribution is -2.01. The molecule has 0 radical (unpaired) electrons. The zero-order valence-electron chi connectivity index (χ0n) is 23.2. The van der Waals surface area contributed by atoms with Crippen LogP contribution in [-0.2, 0) is 0 Å². The van der Waals surface area contributed by atoms with Gasteiger partial charge in [-0.2, -0.15) is 15.8 Å². The number of benzene rings is 5. The maximum atomic E-state index is 10.3. The molecule has 6 nitrogen and oxygen atoms in total. The number of hydrogen-bond donors (Lipinski definition) is 0. The summed E-state index contributed by atoms with van der Waals surface area (Å²) in [7, 11) is 0. The van der Waals surface area contributed by atoms with Gasteiger partial charge in [-0.1, -0.05) is 36.4 Å². The molecule has 0 aliphatic heterocycles. The van der Waals surface area contributed by atoms with Gasteiger partial charge in [0, 0.05) is 50.8 Å². The van der Waals surface area contributed by atoms with Gasteiger partial charge in [0.1, 0.15) is 0 Å². The van der Waals surface area contributed by atoms with E-state index in [9.17, 15) is 15.8 Å². The first-order chi connectivity index (χ1) is 21.7. The van der Waals surface area contributed by atoms with E-state index in [0.717, 1.165) is 66.1 Å². The van der Waals surface area contributed by atoms with Crippen molar-refractivity contribution in [2.45, 2.75) is 0 Å². The Balaban J connectivity index is 1.42. The van der Waals surface area contributed by atoms with Crippen LogP contribution in [0.2, 0.25) is 0 Å². The van der Waals surface area contributed by atoms with Crippen molar-refractivity contribution in [2.75, 3.05) is 0 Å². The lowest BCUT2D eigenvalue weighted by molar-refractivity contribution is 1.15. The molecule has 0 saturated carbocycles. The summed E-state index contributed by atoms with van der Waals surface area (Å²) in [5, 5.41) is 33.5. The Morgan fingerprint density at radius 1 is 0.500 bits per heavy atom. The summed E-state index contributed by atoms with van der Waals surface area (Å²) in [6, 6.07) is 42.5. The van der Waals surface area contributed by atoms with Crippen molar-refractivity contribution in [2.24, 2.45) is 0 Å². The van der Waals surface area contributed by atoms with Gasteiger partial charge < -0.3 is 9.13 Å². The standard InChI is InChI=1S/C38H20N6/c39-20-24-9-13-36-31(17-24)28-5-1-3-7-34(28)43(36)27-12-11-26(22-41)30(19-27)33-23-42-16-15-38(33)44-35-8-4-2-6-29(35)32-18-25(21-40)10-14-37(32)44/h1-19,23H. The Labute approximate surface area is 252 Å². The lowest BCUT2D eigenvalue weighted by atomic mass is 9.99. The van der Waals surface area contributed by atoms with Crippen LogP contribution in [0.3, 0.4) is 0 Å². The molecule has 0 aliphatic rings. The quantitative estimate of drug-likeness (QED) is 0.216. The minimum Gasteiger partial charge on any atom is -0.309 e. The SMILES string of the molecule is N#Cc1ccc2c(c1)c1ccccc1n2-c1ccc(C#N)c(-c2cnccc2-n2c3ccccc3c3cc(C#N)ccc32)c1. The van der Waals surface area contributed by atoms with Gasteiger partial charge in [-0.05, 0) is 72.8 Å². The van der Waals surface area contributed by atoms with Gasteiger partial charge in [0.05, 0.1) is 62.7 Å². The van der Waals surface area contributed by atoms with Crippen molar-refractivity contribution in [3.8, 4) is 40.7 Å². The second-order valence-electron chi connectivity index (χ2n) is 10.6. The molecule has 0 spiro atoms. The van der Waals surface area contributed by atoms with Crippen molar-refractivity contribution in [3.63, 3.8) is 0 Å². The number of fused-ring (bicyclic) bond motifs is 6. The normalized spacial score (nSPS) is 11.1. The zero-order chi connectivity index (χ0) is 29.8. The van der Waals surface area contributed by atoms with E-state index in [1.54, 1.807) is 6.20 Å². The summed E-state index contributed by atoms with van der Waals surface area (Å²) in [5.41, 5.74) is 9.02. The predicted octanol–water partition coefficient (Wildman–Crippen LogP) is 8.56. The highest BCUT2D eigenvalue weighted by molar-refractivity contribution is 6.11. The van der Waals surface area contributed by atoms with Crippen LogP contribution in [0, 0.1) is 34.0 Å². The van der Waals surface area contributed by atoms with Crippen LogP contribution in [0.4, 0.5) is 0 Å². The molecule has 0 fully saturated rings. The summed E-state index contributed by atoms with van der Waals surface area (Å²) >= 11 is 0. The molecular weight excluding hydrogens is 540 g/mol. The molecule has 0 bridgehead atoms. The molecule has 0 atom stereocenters. The van der Waals surface area contributed by atoms with Crippen molar-refractivity contribution in [1.29, 1.82) is 15.8 Å². The van der Waals surface area contributed by atoms with Crippen LogP contribution < -0.4 is 0 Å². The first-order valence-corrected chi connectivity index (χ1v) is 14.1. The Morgan fingerprint density at radius 3 is 1.73 bits per heavy atom. The van der Waals surface area contributed by atoms with Gasteiger partial charge in [-0.3, -0.25) is 4.98 Å². The fraction of sp³-hybridized carbons (Fsp3) is 0. The van der Waals surface area contributed by atoms with Crippen LogP contribution in [0.25, 0.3) is 66.1 Å². The van der Waals surface area contributed by atoms with Crippen molar-refractivity contribution in [3.05, 3.63) is 138 Å². The van der Waals surface area contributed by atoms with Gasteiger partial charge in [0.25, 0.3) is 0 Å². The largest absolute Gasteiger partial charge is 0.309 e. The minimum atomic E-state index is 0.531. The smallest absolute Gasteiger partial charge is 0.0998 e. The number of para-hydroxylation sites is 2. The number of hydrogen-bond acceptors (Lipinski definition) is 4. The highest BCUT2D eigenvalue weighted by atomic mass is 15.0. The summed E-state index contributed by atoms with van der Waals surface area (Å²) in [4.78, 5) is 4.50. The van der Waals surface area contributed by atoms with E-state index in [-0.39, 0.29) is 0 Å². The fourth-order valence-electron chi connectivity index (χ4n) is 6.40. The monoisotopic (exact) mass is 560 g/mol. The Hall–Kier alpha value is -6.68. The zero-order valence-corrected chi connectivity index (χ0v) is 23.2. The first kappa shape index (κ1) is 25.1. The third kappa shape index (κ3) is 3.61. The fourth-order valence-corrected chi connectivity index (χ4v) is 6.40. The van der Waals surface area contributed by atoms with Gasteiger partial charge in [0.15, 0.2) is 0 Å². The lowest BCUT2D eigenvalue weighted by Gasteiger charge is -2.16. The molecule has 5 aromatic carbocycles. The average molecular weight is 561 g/mol. The van der Waals surface area contributed by atoms with Crippen LogP contribution in [-0.4, -0.2) is 14.1 Å². The summed E-state index contributed by atoms with van der Waals surface area (Å²) < 4.78 is 4.36. The van der Waals surface area contributed by atoms with Crippen LogP contribution in [0.1, 0.15) is 16.7 Å². The van der Waals surface area contributed by atoms with Crippen molar-refractivity contribution < 1.29 is 0 Å². The van der Waals surface area contributed by atoms with E-state index in [1.165, 1.54) is 0 Å². The summed E-state index contributed by atoms with van der Waals surface area (Å²) in [6.07, 6.45) is 3.57. The van der Waals surface area contributed by atoms with Gasteiger partial charge in [-0.15, -0.1) is 0 Å². The third-order valence-corrected chi connectivity index (χ3v) is 8.31. The van der Waals surface area contributed by atoms with Crippen molar-refractivity contribution in [1.82, 2.24) is 14.1 Å². The Bertz CT molecular complexity index is 2600. The van der Waals surface area contributed by atoms with Crippen LogP contribution in [0.5, 0.6) is 0 Å². The van der Waals surface area contributed by atoms with E-state index in [1.807, 2.05) is 91.1 Å². The molecule has 0 N–H and O–H groups in total. The molecule has 3 aromatic heterocycles. The molecule has 0 saturated heterocycles. The number of nitrogens with zero attached hydrogens (tertiary/aromatic N) is 6. The number of pyridine rings is 1. The predicted molar refractivity (Wildman–Crippen MR) is 172 cm³/mol. The molecule has 0 amide bonds. The Morgan fingerprint density at radius 2 is 1.09 bits per heavy atom. The van der Waals surface area contributed by atoms with Gasteiger partial charge in [-0.25, -0.2) is 0 Å². The molecular formula is C38H20N6. The minimum absolute atomic E-state index is 0.531. The van der Waals surface area contributed by atoms with E-state index < -0.39 is 0 Å². The molecule has 0 unspecified atom stereocenters. The second-order valence-corrected chi connectivity index (χ2v) is 10.6. The number of nitriles is 3. The van der Waals surface area contributed by atoms with E-state index in [2.05, 4.69) is 56.6 Å². The average Bonchev–Trinajstić information content (AvgIpc) is 3.60. The third-order valence-electron chi connectivity index (χ3n) is 8.31. The first-order valence-electron chi connectivity index (χ1n) is 14.1. The Kier molecular flexibility index (Phi) is 5.53. The van der Waals surface area contributed by atoms with Crippen LogP contribution in [0.15, 0.2) is 122 Å². The van der Waals surface area contributed by atoms with Gasteiger partial charge >= 0.3 is 0 Å².